The molecule has 0 aliphatic rings. The van der Waals surface area contributed by atoms with Crippen LogP contribution in [0.15, 0.2) is 59.3 Å². The molecular weight excluding hydrogens is 480 g/mol. The zero-order valence-electron chi connectivity index (χ0n) is 19.8. The summed E-state index contributed by atoms with van der Waals surface area (Å²) in [5.41, 5.74) is 2.21. The maximum Gasteiger partial charge on any atom is 0.270 e. The summed E-state index contributed by atoms with van der Waals surface area (Å²) in [7, 11) is 1.65. The molecule has 0 bridgehead atoms. The average Bonchev–Trinajstić information content (AvgIpc) is 3.55. The van der Waals surface area contributed by atoms with E-state index in [1.54, 1.807) is 19.5 Å². The number of unbranched alkanes of at least 4 members (excludes halogenated alkanes) is 3. The van der Waals surface area contributed by atoms with Gasteiger partial charge in [-0.3, -0.25) is 14.3 Å². The van der Waals surface area contributed by atoms with Crippen LogP contribution in [0.1, 0.15) is 48.1 Å². The smallest absolute Gasteiger partial charge is 0.270 e. The summed E-state index contributed by atoms with van der Waals surface area (Å²) < 4.78 is 7.59. The molecule has 3 heterocycles. The summed E-state index contributed by atoms with van der Waals surface area (Å²) >= 11 is 2.99. The molecule has 0 saturated heterocycles. The highest BCUT2D eigenvalue weighted by molar-refractivity contribution is 7.98. The van der Waals surface area contributed by atoms with Gasteiger partial charge in [-0.05, 0) is 30.7 Å². The van der Waals surface area contributed by atoms with Crippen molar-refractivity contribution in [3.05, 3.63) is 64.9 Å². The number of carbonyl (C=O) groups excluding carboxylic acids is 1. The summed E-state index contributed by atoms with van der Waals surface area (Å²) in [5.74, 6) is 1.86. The first kappa shape index (κ1) is 24.9. The molecule has 10 heteroatoms. The lowest BCUT2D eigenvalue weighted by Crippen LogP contribution is -2.24. The van der Waals surface area contributed by atoms with Gasteiger partial charge in [0, 0.05) is 29.9 Å². The van der Waals surface area contributed by atoms with Gasteiger partial charge < -0.3 is 10.1 Å². The summed E-state index contributed by atoms with van der Waals surface area (Å²) in [6.45, 7) is 2.85. The quantitative estimate of drug-likeness (QED) is 0.202. The third-order valence-electron chi connectivity index (χ3n) is 5.32. The Balaban J connectivity index is 1.51. The Morgan fingerprint density at radius 2 is 1.94 bits per heavy atom. The van der Waals surface area contributed by atoms with Gasteiger partial charge in [-0.15, -0.1) is 21.5 Å². The van der Waals surface area contributed by atoms with Crippen LogP contribution in [0.3, 0.4) is 0 Å². The lowest BCUT2D eigenvalue weighted by atomic mass is 10.2. The maximum atomic E-state index is 12.4. The minimum absolute atomic E-state index is 0.119. The highest BCUT2D eigenvalue weighted by Gasteiger charge is 2.20. The van der Waals surface area contributed by atoms with Crippen molar-refractivity contribution >= 4 is 29.0 Å². The number of thioether (sulfide) groups is 1. The maximum absolute atomic E-state index is 12.4. The molecule has 3 aromatic heterocycles. The molecule has 0 fully saturated rings. The third kappa shape index (κ3) is 6.26. The van der Waals surface area contributed by atoms with Gasteiger partial charge in [0.15, 0.2) is 11.0 Å². The predicted octanol–water partition coefficient (Wildman–Crippen LogP) is 5.40. The Hall–Kier alpha value is -3.24. The normalized spacial score (nSPS) is 10.9. The number of thiazole rings is 1. The molecule has 0 radical (unpaired) electrons. The monoisotopic (exact) mass is 508 g/mol. The van der Waals surface area contributed by atoms with Gasteiger partial charge >= 0.3 is 0 Å². The van der Waals surface area contributed by atoms with Crippen molar-refractivity contribution in [2.75, 3.05) is 13.7 Å². The first-order valence-corrected chi connectivity index (χ1v) is 13.4. The largest absolute Gasteiger partial charge is 0.495 e. The fourth-order valence-corrected chi connectivity index (χ4v) is 5.27. The van der Waals surface area contributed by atoms with E-state index in [9.17, 15) is 4.79 Å². The molecule has 8 nitrogen and oxygen atoms in total. The van der Waals surface area contributed by atoms with Crippen LogP contribution in [0.2, 0.25) is 0 Å². The molecule has 1 N–H and O–H groups in total. The molecule has 182 valence electrons. The molecule has 1 aromatic carbocycles. The number of nitrogens with zero attached hydrogens (tertiary/aromatic N) is 5. The highest BCUT2D eigenvalue weighted by Crippen LogP contribution is 2.33. The lowest BCUT2D eigenvalue weighted by Gasteiger charge is -2.13. The van der Waals surface area contributed by atoms with Gasteiger partial charge in [0.25, 0.3) is 5.91 Å². The number of carbonyl (C=O) groups is 1. The van der Waals surface area contributed by atoms with E-state index in [4.69, 9.17) is 4.74 Å². The second kappa shape index (κ2) is 12.5. The van der Waals surface area contributed by atoms with Crippen LogP contribution in [0, 0.1) is 0 Å². The van der Waals surface area contributed by atoms with Gasteiger partial charge in [0.1, 0.15) is 16.5 Å². The molecule has 0 atom stereocenters. The third-order valence-corrected chi connectivity index (χ3v) is 7.29. The van der Waals surface area contributed by atoms with Crippen LogP contribution < -0.4 is 10.1 Å². The van der Waals surface area contributed by atoms with E-state index < -0.39 is 0 Å². The van der Waals surface area contributed by atoms with Crippen molar-refractivity contribution in [1.82, 2.24) is 30.0 Å². The van der Waals surface area contributed by atoms with Gasteiger partial charge in [0.05, 0.1) is 18.6 Å². The second-order valence-corrected chi connectivity index (χ2v) is 9.67. The first-order chi connectivity index (χ1) is 17.2. The summed E-state index contributed by atoms with van der Waals surface area (Å²) in [6.07, 6.45) is 7.95. The van der Waals surface area contributed by atoms with E-state index in [0.29, 0.717) is 29.0 Å². The minimum Gasteiger partial charge on any atom is -0.495 e. The lowest BCUT2D eigenvalue weighted by molar-refractivity contribution is 0.0948. The molecule has 1 amide bonds. The fourth-order valence-electron chi connectivity index (χ4n) is 3.54. The number of pyridine rings is 1. The summed E-state index contributed by atoms with van der Waals surface area (Å²) in [6, 6.07) is 11.6. The first-order valence-electron chi connectivity index (χ1n) is 11.6. The van der Waals surface area contributed by atoms with Crippen molar-refractivity contribution < 1.29 is 9.53 Å². The zero-order valence-corrected chi connectivity index (χ0v) is 21.4. The number of aromatic nitrogens is 5. The molecule has 0 spiro atoms. The number of rotatable bonds is 12. The van der Waals surface area contributed by atoms with Crippen LogP contribution in [-0.2, 0) is 5.75 Å². The molecule has 0 unspecified atom stereocenters. The van der Waals surface area contributed by atoms with Crippen molar-refractivity contribution in [3.8, 4) is 22.8 Å². The Labute approximate surface area is 213 Å². The van der Waals surface area contributed by atoms with E-state index in [-0.39, 0.29) is 5.91 Å². The molecular formula is C25H28N6O2S2. The molecule has 4 rings (SSSR count). The van der Waals surface area contributed by atoms with Gasteiger partial charge in [-0.25, -0.2) is 4.98 Å². The second-order valence-electron chi connectivity index (χ2n) is 7.78. The van der Waals surface area contributed by atoms with Gasteiger partial charge in [-0.1, -0.05) is 50.1 Å². The van der Waals surface area contributed by atoms with Crippen molar-refractivity contribution in [2.45, 2.75) is 43.5 Å². The van der Waals surface area contributed by atoms with Crippen LogP contribution in [0.25, 0.3) is 17.1 Å². The van der Waals surface area contributed by atoms with E-state index in [2.05, 4.69) is 32.4 Å². The van der Waals surface area contributed by atoms with Crippen molar-refractivity contribution in [3.63, 3.8) is 0 Å². The Bertz CT molecular complexity index is 1240. The zero-order chi connectivity index (χ0) is 24.5. The topological polar surface area (TPSA) is 94.8 Å². The SMILES string of the molecule is CCCCCCNC(=O)c1csc(CSc2nnc(-c3ccncc3)n2-c2ccccc2OC)n1. The molecule has 0 aliphatic heterocycles. The Morgan fingerprint density at radius 3 is 2.74 bits per heavy atom. The molecule has 4 aromatic rings. The number of hydrogen-bond acceptors (Lipinski definition) is 8. The standard InChI is InChI=1S/C25H28N6O2S2/c1-3-4-5-8-13-27-24(32)19-16-34-22(28-19)17-35-25-30-29-23(18-11-14-26-15-12-18)31(25)20-9-6-7-10-21(20)33-2/h6-7,9-12,14-16H,3-5,8,13,17H2,1-2H3,(H,27,32). The number of benzene rings is 1. The number of methoxy groups -OCH3 is 1. The van der Waals surface area contributed by atoms with E-state index in [1.165, 1.54) is 35.9 Å². The van der Waals surface area contributed by atoms with Gasteiger partial charge in [0.2, 0.25) is 0 Å². The van der Waals surface area contributed by atoms with Crippen LogP contribution in [0.5, 0.6) is 5.75 Å². The number of amides is 1. The summed E-state index contributed by atoms with van der Waals surface area (Å²) in [4.78, 5) is 21.1. The average molecular weight is 509 g/mol. The number of ether oxygens (including phenoxy) is 1. The van der Waals surface area contributed by atoms with Crippen LogP contribution in [-0.4, -0.2) is 44.3 Å². The number of nitrogens with one attached hydrogen (secondary N) is 1. The van der Waals surface area contributed by atoms with E-state index in [0.717, 1.165) is 34.8 Å². The molecule has 0 aliphatic carbocycles. The van der Waals surface area contributed by atoms with Crippen LogP contribution >= 0.6 is 23.1 Å². The van der Waals surface area contributed by atoms with E-state index >= 15 is 0 Å². The van der Waals surface area contributed by atoms with Gasteiger partial charge in [-0.2, -0.15) is 0 Å². The molecule has 0 saturated carbocycles. The van der Waals surface area contributed by atoms with E-state index in [1.807, 2.05) is 46.3 Å². The highest BCUT2D eigenvalue weighted by atomic mass is 32.2. The van der Waals surface area contributed by atoms with Crippen LogP contribution in [0.4, 0.5) is 0 Å². The number of hydrogen-bond donors (Lipinski definition) is 1. The molecule has 35 heavy (non-hydrogen) atoms. The Kier molecular flexibility index (Phi) is 8.85. The predicted molar refractivity (Wildman–Crippen MR) is 139 cm³/mol. The minimum atomic E-state index is -0.119. The Morgan fingerprint density at radius 1 is 1.11 bits per heavy atom. The fraction of sp³-hybridized carbons (Fsp3) is 0.320. The van der Waals surface area contributed by atoms with Crippen molar-refractivity contribution in [2.24, 2.45) is 0 Å². The van der Waals surface area contributed by atoms with Crippen molar-refractivity contribution in [1.29, 1.82) is 0 Å². The summed E-state index contributed by atoms with van der Waals surface area (Å²) in [5, 5.41) is 15.3. The number of para-hydroxylation sites is 2.